The Bertz CT molecular complexity index is 423. The summed E-state index contributed by atoms with van der Waals surface area (Å²) in [6.07, 6.45) is 1.72. The molecule has 0 saturated carbocycles. The molecule has 0 bridgehead atoms. The minimum absolute atomic E-state index is 0.178. The van der Waals surface area contributed by atoms with E-state index in [9.17, 15) is 0 Å². The van der Waals surface area contributed by atoms with Gasteiger partial charge in [0.2, 0.25) is 0 Å². The van der Waals surface area contributed by atoms with E-state index in [1.165, 1.54) is 0 Å². The van der Waals surface area contributed by atoms with Gasteiger partial charge in [0.1, 0.15) is 11.9 Å². The van der Waals surface area contributed by atoms with Crippen molar-refractivity contribution in [1.29, 1.82) is 5.26 Å². The standard InChI is InChI=1S/C12H15N3O/c1-12(2)9-15(6-7-16-12)11-10(8-13)4-3-5-14-11/h3-5H,6-7,9H2,1-2H3. The zero-order chi connectivity index (χ0) is 11.6. The molecule has 0 radical (unpaired) electrons. The second-order valence-electron chi connectivity index (χ2n) is 4.52. The van der Waals surface area contributed by atoms with E-state index in [1.807, 2.05) is 13.8 Å². The topological polar surface area (TPSA) is 49.2 Å². The number of pyridine rings is 1. The maximum Gasteiger partial charge on any atom is 0.146 e. The predicted molar refractivity (Wildman–Crippen MR) is 61.2 cm³/mol. The molecule has 0 atom stereocenters. The van der Waals surface area contributed by atoms with Crippen molar-refractivity contribution in [2.24, 2.45) is 0 Å². The average Bonchev–Trinajstić information content (AvgIpc) is 2.27. The third kappa shape index (κ3) is 2.15. The Hall–Kier alpha value is -1.60. The molecule has 1 fully saturated rings. The van der Waals surface area contributed by atoms with Gasteiger partial charge in [0.25, 0.3) is 0 Å². The molecular formula is C12H15N3O. The molecule has 1 aromatic heterocycles. The van der Waals surface area contributed by atoms with Crippen LogP contribution in [0, 0.1) is 11.3 Å². The highest BCUT2D eigenvalue weighted by Crippen LogP contribution is 2.23. The summed E-state index contributed by atoms with van der Waals surface area (Å²) >= 11 is 0. The van der Waals surface area contributed by atoms with Crippen LogP contribution in [0.2, 0.25) is 0 Å². The van der Waals surface area contributed by atoms with E-state index in [1.54, 1.807) is 18.3 Å². The first kappa shape index (κ1) is 10.9. The number of nitrogens with zero attached hydrogens (tertiary/aromatic N) is 3. The summed E-state index contributed by atoms with van der Waals surface area (Å²) in [6.45, 7) is 6.32. The molecule has 0 aromatic carbocycles. The number of hydrogen-bond acceptors (Lipinski definition) is 4. The molecule has 4 heteroatoms. The molecule has 0 amide bonds. The molecule has 1 aliphatic heterocycles. The van der Waals surface area contributed by atoms with Crippen molar-refractivity contribution in [3.63, 3.8) is 0 Å². The molecular weight excluding hydrogens is 202 g/mol. The van der Waals surface area contributed by atoms with E-state index < -0.39 is 0 Å². The van der Waals surface area contributed by atoms with Crippen LogP contribution < -0.4 is 4.90 Å². The highest BCUT2D eigenvalue weighted by molar-refractivity contribution is 5.53. The fourth-order valence-corrected chi connectivity index (χ4v) is 1.93. The molecule has 0 spiro atoms. The van der Waals surface area contributed by atoms with Crippen molar-refractivity contribution in [3.8, 4) is 6.07 Å². The van der Waals surface area contributed by atoms with Gasteiger partial charge in [-0.3, -0.25) is 0 Å². The van der Waals surface area contributed by atoms with E-state index in [0.717, 1.165) is 18.9 Å². The van der Waals surface area contributed by atoms with Crippen LogP contribution in [-0.2, 0) is 4.74 Å². The lowest BCUT2D eigenvalue weighted by Crippen LogP contribution is -2.48. The van der Waals surface area contributed by atoms with Gasteiger partial charge in [-0.05, 0) is 26.0 Å². The van der Waals surface area contributed by atoms with Gasteiger partial charge in [-0.2, -0.15) is 5.26 Å². The lowest BCUT2D eigenvalue weighted by atomic mass is 10.1. The first-order valence-electron chi connectivity index (χ1n) is 5.36. The number of nitriles is 1. The van der Waals surface area contributed by atoms with Crippen molar-refractivity contribution in [2.75, 3.05) is 24.6 Å². The quantitative estimate of drug-likeness (QED) is 0.716. The third-order valence-electron chi connectivity index (χ3n) is 2.63. The second kappa shape index (κ2) is 4.11. The van der Waals surface area contributed by atoms with Gasteiger partial charge < -0.3 is 9.64 Å². The molecule has 1 aromatic rings. The molecule has 0 N–H and O–H groups in total. The van der Waals surface area contributed by atoms with Crippen LogP contribution in [0.5, 0.6) is 0 Å². The van der Waals surface area contributed by atoms with E-state index >= 15 is 0 Å². The van der Waals surface area contributed by atoms with Gasteiger partial charge in [0.15, 0.2) is 0 Å². The number of hydrogen-bond donors (Lipinski definition) is 0. The number of morpholine rings is 1. The van der Waals surface area contributed by atoms with Gasteiger partial charge in [-0.15, -0.1) is 0 Å². The number of rotatable bonds is 1. The lowest BCUT2D eigenvalue weighted by molar-refractivity contribution is -0.0279. The summed E-state index contributed by atoms with van der Waals surface area (Å²) in [6, 6.07) is 5.76. The van der Waals surface area contributed by atoms with Crippen LogP contribution in [0.3, 0.4) is 0 Å². The third-order valence-corrected chi connectivity index (χ3v) is 2.63. The first-order chi connectivity index (χ1) is 7.62. The van der Waals surface area contributed by atoms with Crippen LogP contribution >= 0.6 is 0 Å². The summed E-state index contributed by atoms with van der Waals surface area (Å²) in [5, 5.41) is 9.03. The Morgan fingerprint density at radius 1 is 1.56 bits per heavy atom. The lowest BCUT2D eigenvalue weighted by Gasteiger charge is -2.39. The van der Waals surface area contributed by atoms with E-state index in [2.05, 4.69) is 16.0 Å². The van der Waals surface area contributed by atoms with Crippen molar-refractivity contribution in [3.05, 3.63) is 23.9 Å². The van der Waals surface area contributed by atoms with Gasteiger partial charge >= 0.3 is 0 Å². The molecule has 1 saturated heterocycles. The Balaban J connectivity index is 2.27. The van der Waals surface area contributed by atoms with Gasteiger partial charge in [0, 0.05) is 19.3 Å². The summed E-state index contributed by atoms with van der Waals surface area (Å²) in [5.74, 6) is 0.765. The number of aromatic nitrogens is 1. The van der Waals surface area contributed by atoms with Gasteiger partial charge in [0.05, 0.1) is 17.8 Å². The van der Waals surface area contributed by atoms with Crippen molar-refractivity contribution >= 4 is 5.82 Å². The fourth-order valence-electron chi connectivity index (χ4n) is 1.93. The molecule has 1 aliphatic rings. The molecule has 2 heterocycles. The van der Waals surface area contributed by atoms with Crippen LogP contribution in [0.4, 0.5) is 5.82 Å². The highest BCUT2D eigenvalue weighted by atomic mass is 16.5. The van der Waals surface area contributed by atoms with E-state index in [0.29, 0.717) is 12.2 Å². The summed E-state index contributed by atoms with van der Waals surface area (Å²) < 4.78 is 5.64. The van der Waals surface area contributed by atoms with Crippen molar-refractivity contribution in [1.82, 2.24) is 4.98 Å². The Labute approximate surface area is 95.5 Å². The normalized spacial score (nSPS) is 19.2. The van der Waals surface area contributed by atoms with Crippen molar-refractivity contribution < 1.29 is 4.74 Å². The van der Waals surface area contributed by atoms with Crippen LogP contribution in [0.15, 0.2) is 18.3 Å². The molecule has 0 aliphatic carbocycles. The largest absolute Gasteiger partial charge is 0.372 e. The van der Waals surface area contributed by atoms with E-state index in [4.69, 9.17) is 10.00 Å². The van der Waals surface area contributed by atoms with Crippen LogP contribution in [0.1, 0.15) is 19.4 Å². The zero-order valence-electron chi connectivity index (χ0n) is 9.60. The number of anilines is 1. The molecule has 0 unspecified atom stereocenters. The van der Waals surface area contributed by atoms with Crippen LogP contribution in [0.25, 0.3) is 0 Å². The minimum atomic E-state index is -0.178. The summed E-state index contributed by atoms with van der Waals surface area (Å²) in [7, 11) is 0. The zero-order valence-corrected chi connectivity index (χ0v) is 9.60. The second-order valence-corrected chi connectivity index (χ2v) is 4.52. The SMILES string of the molecule is CC1(C)CN(c2ncccc2C#N)CCO1. The summed E-state index contributed by atoms with van der Waals surface area (Å²) in [5.41, 5.74) is 0.447. The first-order valence-corrected chi connectivity index (χ1v) is 5.36. The monoisotopic (exact) mass is 217 g/mol. The summed E-state index contributed by atoms with van der Waals surface area (Å²) in [4.78, 5) is 6.40. The molecule has 4 nitrogen and oxygen atoms in total. The number of ether oxygens (including phenoxy) is 1. The average molecular weight is 217 g/mol. The minimum Gasteiger partial charge on any atom is -0.372 e. The maximum absolute atomic E-state index is 9.03. The highest BCUT2D eigenvalue weighted by Gasteiger charge is 2.28. The van der Waals surface area contributed by atoms with Gasteiger partial charge in [-0.1, -0.05) is 0 Å². The smallest absolute Gasteiger partial charge is 0.146 e. The molecule has 84 valence electrons. The Morgan fingerprint density at radius 3 is 3.06 bits per heavy atom. The maximum atomic E-state index is 9.03. The molecule has 16 heavy (non-hydrogen) atoms. The van der Waals surface area contributed by atoms with Crippen LogP contribution in [-0.4, -0.2) is 30.3 Å². The Kier molecular flexibility index (Phi) is 2.80. The van der Waals surface area contributed by atoms with Crippen molar-refractivity contribution in [2.45, 2.75) is 19.4 Å². The predicted octanol–water partition coefficient (Wildman–Crippen LogP) is 1.57. The fraction of sp³-hybridized carbons (Fsp3) is 0.500. The Morgan fingerprint density at radius 2 is 2.38 bits per heavy atom. The van der Waals surface area contributed by atoms with E-state index in [-0.39, 0.29) is 5.60 Å². The van der Waals surface area contributed by atoms with Gasteiger partial charge in [-0.25, -0.2) is 4.98 Å². The molecule has 2 rings (SSSR count).